The normalized spacial score (nSPS) is 23.6. The molecule has 0 radical (unpaired) electrons. The highest BCUT2D eigenvalue weighted by molar-refractivity contribution is 6.30. The molecule has 1 aromatic heterocycles. The molecule has 0 bridgehead atoms. The van der Waals surface area contributed by atoms with Crippen LogP contribution < -0.4 is 0 Å². The number of amides is 1. The summed E-state index contributed by atoms with van der Waals surface area (Å²) in [7, 11) is 2.04. The van der Waals surface area contributed by atoms with Gasteiger partial charge in [-0.1, -0.05) is 30.7 Å². The smallest absolute Gasteiger partial charge is 0.257 e. The second-order valence-electron chi connectivity index (χ2n) is 12.3. The molecule has 3 atom stereocenters. The van der Waals surface area contributed by atoms with Gasteiger partial charge in [-0.15, -0.1) is 0 Å². The first-order valence-corrected chi connectivity index (χ1v) is 15.7. The van der Waals surface area contributed by atoms with E-state index in [9.17, 15) is 20.0 Å². The molecule has 3 aromatic rings. The predicted molar refractivity (Wildman–Crippen MR) is 163 cm³/mol. The van der Waals surface area contributed by atoms with E-state index in [1.54, 1.807) is 30.3 Å². The molecule has 3 aliphatic rings. The Bertz CT molecular complexity index is 1650. The minimum absolute atomic E-state index is 0.00777. The second-order valence-corrected chi connectivity index (χ2v) is 12.7. The van der Waals surface area contributed by atoms with Gasteiger partial charge in [0.25, 0.3) is 5.91 Å². The maximum Gasteiger partial charge on any atom is 0.257 e. The summed E-state index contributed by atoms with van der Waals surface area (Å²) in [5.74, 6) is -1.09. The van der Waals surface area contributed by atoms with Crippen molar-refractivity contribution in [1.82, 2.24) is 19.8 Å². The van der Waals surface area contributed by atoms with Crippen molar-refractivity contribution in [2.24, 2.45) is 5.92 Å². The van der Waals surface area contributed by atoms with Crippen molar-refractivity contribution in [3.8, 4) is 6.07 Å². The first-order valence-electron chi connectivity index (χ1n) is 15.3. The average Bonchev–Trinajstić information content (AvgIpc) is 3.56. The molecule has 9 nitrogen and oxygen atoms in total. The molecule has 1 amide bonds. The lowest BCUT2D eigenvalue weighted by Gasteiger charge is -2.42. The van der Waals surface area contributed by atoms with E-state index < -0.39 is 29.2 Å². The lowest BCUT2D eigenvalue weighted by Crippen LogP contribution is -2.48. The molecule has 1 unspecified atom stereocenters. The summed E-state index contributed by atoms with van der Waals surface area (Å²) in [4.78, 5) is 39.1. The molecule has 3 heterocycles. The van der Waals surface area contributed by atoms with Crippen LogP contribution in [0.4, 0.5) is 4.39 Å². The summed E-state index contributed by atoms with van der Waals surface area (Å²) < 4.78 is 23.7. The lowest BCUT2D eigenvalue weighted by atomic mass is 9.73. The fourth-order valence-corrected chi connectivity index (χ4v) is 7.24. The van der Waals surface area contributed by atoms with Gasteiger partial charge in [0.2, 0.25) is 5.72 Å². The summed E-state index contributed by atoms with van der Waals surface area (Å²) in [6.45, 7) is 3.32. The number of halogens is 2. The van der Waals surface area contributed by atoms with Gasteiger partial charge < -0.3 is 14.7 Å². The van der Waals surface area contributed by atoms with Crippen molar-refractivity contribution < 1.29 is 23.8 Å². The monoisotopic (exact) mass is 631 g/mol. The third-order valence-electron chi connectivity index (χ3n) is 9.62. The summed E-state index contributed by atoms with van der Waals surface area (Å²) >= 11 is 6.26. The minimum atomic E-state index is -1.79. The summed E-state index contributed by atoms with van der Waals surface area (Å²) in [5.41, 5.74) is -2.01. The molecular weight excluding hydrogens is 597 g/mol. The van der Waals surface area contributed by atoms with Crippen molar-refractivity contribution in [3.63, 3.8) is 0 Å². The number of nitriles is 1. The van der Waals surface area contributed by atoms with Crippen molar-refractivity contribution >= 4 is 23.3 Å². The lowest BCUT2D eigenvalue weighted by molar-refractivity contribution is -0.149. The highest BCUT2D eigenvalue weighted by Crippen LogP contribution is 2.51. The molecule has 11 heteroatoms. The van der Waals surface area contributed by atoms with Gasteiger partial charge in [0.05, 0.1) is 34.9 Å². The number of Topliss-reactive ketones (excluding diaryl/α,β-unsaturated/α-hetero) is 1. The van der Waals surface area contributed by atoms with Gasteiger partial charge in [0.1, 0.15) is 23.5 Å². The van der Waals surface area contributed by atoms with E-state index in [-0.39, 0.29) is 47.2 Å². The second kappa shape index (κ2) is 12.2. The molecule has 1 saturated heterocycles. The number of likely N-dealkylation sites (tertiary alicyclic amines) is 1. The number of nitrogens with zero attached hydrogens (tertiary/aromatic N) is 5. The minimum Gasteiger partial charge on any atom is -0.385 e. The number of benzene rings is 2. The largest absolute Gasteiger partial charge is 0.385 e. The summed E-state index contributed by atoms with van der Waals surface area (Å²) in [6, 6.07) is 11.6. The summed E-state index contributed by atoms with van der Waals surface area (Å²) in [6.07, 6.45) is 4.84. The number of aliphatic hydroxyl groups is 1. The predicted octanol–water partition coefficient (Wildman–Crippen LogP) is 5.08. The average molecular weight is 632 g/mol. The Hall–Kier alpha value is -3.75. The van der Waals surface area contributed by atoms with Crippen LogP contribution in [0.25, 0.3) is 0 Å². The first kappa shape index (κ1) is 31.2. The number of ether oxygens (including phenoxy) is 1. The first-order chi connectivity index (χ1) is 21.6. The number of hydrogen-bond acceptors (Lipinski definition) is 8. The van der Waals surface area contributed by atoms with E-state index in [1.165, 1.54) is 23.4 Å². The van der Waals surface area contributed by atoms with Gasteiger partial charge in [0, 0.05) is 35.8 Å². The van der Waals surface area contributed by atoms with E-state index in [2.05, 4.69) is 14.9 Å². The third kappa shape index (κ3) is 5.52. The molecule has 234 valence electrons. The molecular formula is C34H35ClFN5O4. The van der Waals surface area contributed by atoms with Crippen LogP contribution >= 0.6 is 11.6 Å². The highest BCUT2D eigenvalue weighted by Gasteiger charge is 2.56. The molecule has 0 spiro atoms. The number of carbonyl (C=O) groups is 2. The Labute approximate surface area is 266 Å². The van der Waals surface area contributed by atoms with Gasteiger partial charge in [-0.2, -0.15) is 5.26 Å². The van der Waals surface area contributed by atoms with Crippen LogP contribution in [0.1, 0.15) is 83.9 Å². The Morgan fingerprint density at radius 1 is 1.16 bits per heavy atom. The number of piperidine rings is 1. The van der Waals surface area contributed by atoms with Crippen molar-refractivity contribution in [3.05, 3.63) is 93.3 Å². The number of carbonyl (C=O) groups excluding carboxylic acids is 2. The molecule has 1 aliphatic carbocycles. The Balaban J connectivity index is 1.54. The van der Waals surface area contributed by atoms with E-state index in [1.807, 2.05) is 20.0 Å². The number of aromatic nitrogens is 2. The maximum absolute atomic E-state index is 16.9. The van der Waals surface area contributed by atoms with Crippen LogP contribution in [-0.2, 0) is 27.4 Å². The van der Waals surface area contributed by atoms with Crippen LogP contribution in [0.3, 0.4) is 0 Å². The maximum atomic E-state index is 16.9. The van der Waals surface area contributed by atoms with Gasteiger partial charge >= 0.3 is 0 Å². The van der Waals surface area contributed by atoms with Crippen LogP contribution in [0.15, 0.2) is 48.8 Å². The van der Waals surface area contributed by atoms with E-state index in [0.29, 0.717) is 35.4 Å². The number of hydrogen-bond donors (Lipinski definition) is 1. The molecule has 2 aromatic carbocycles. The van der Waals surface area contributed by atoms with Gasteiger partial charge in [-0.05, 0) is 81.6 Å². The van der Waals surface area contributed by atoms with Crippen molar-refractivity contribution in [1.29, 1.82) is 5.26 Å². The van der Waals surface area contributed by atoms with E-state index in [0.717, 1.165) is 25.9 Å². The van der Waals surface area contributed by atoms with Gasteiger partial charge in [-0.25, -0.2) is 14.4 Å². The number of rotatable bonds is 8. The standard InChI is InChI=1S/C34H35ClFN5O4/c1-3-33(44,22-10-12-40(2)13-11-22)24-14-28-31(29(36)15-24)34(23-4-6-25(35)7-5-23,45-27-9-8-26(42)16-27)41(32(28)43)20-30-38-18-21(17-37)19-39-30/h4-7,14-15,18-19,22,27,44H,3,8-13,16,20H2,1-2H3/t27-,33?,34+/m0/s1. The van der Waals surface area contributed by atoms with Crippen LogP contribution in [0, 0.1) is 23.1 Å². The third-order valence-corrected chi connectivity index (χ3v) is 9.88. The van der Waals surface area contributed by atoms with Crippen molar-refractivity contribution in [2.75, 3.05) is 20.1 Å². The van der Waals surface area contributed by atoms with Crippen LogP contribution in [0.5, 0.6) is 0 Å². The van der Waals surface area contributed by atoms with E-state index in [4.69, 9.17) is 16.3 Å². The SMILES string of the molecule is CCC(O)(c1cc(F)c2c(c1)C(=O)N(Cc1ncc(C#N)cn1)[C@@]2(O[C@H]1CCC(=O)C1)c1ccc(Cl)cc1)C1CCN(C)CC1. The van der Waals surface area contributed by atoms with Crippen LogP contribution in [-0.4, -0.2) is 62.8 Å². The zero-order valence-electron chi connectivity index (χ0n) is 25.3. The molecule has 45 heavy (non-hydrogen) atoms. The van der Waals surface area contributed by atoms with Gasteiger partial charge in [-0.3, -0.25) is 14.5 Å². The van der Waals surface area contributed by atoms with Crippen LogP contribution in [0.2, 0.25) is 5.02 Å². The Kier molecular flexibility index (Phi) is 8.48. The highest BCUT2D eigenvalue weighted by atomic mass is 35.5. The number of ketones is 1. The zero-order chi connectivity index (χ0) is 31.9. The molecule has 1 saturated carbocycles. The summed E-state index contributed by atoms with van der Waals surface area (Å²) in [5, 5.41) is 21.8. The molecule has 1 N–H and O–H groups in total. The fourth-order valence-electron chi connectivity index (χ4n) is 7.11. The number of fused-ring (bicyclic) bond motifs is 1. The topological polar surface area (TPSA) is 120 Å². The Morgan fingerprint density at radius 2 is 1.84 bits per heavy atom. The zero-order valence-corrected chi connectivity index (χ0v) is 26.1. The molecule has 2 aliphatic heterocycles. The Morgan fingerprint density at radius 3 is 2.44 bits per heavy atom. The fraction of sp³-hybridized carbons (Fsp3) is 0.441. The molecule has 6 rings (SSSR count). The van der Waals surface area contributed by atoms with Gasteiger partial charge in [0.15, 0.2) is 0 Å². The molecule has 2 fully saturated rings. The van der Waals surface area contributed by atoms with E-state index >= 15 is 4.39 Å². The quantitative estimate of drug-likeness (QED) is 0.366. The van der Waals surface area contributed by atoms with Crippen molar-refractivity contribution in [2.45, 2.75) is 69.4 Å².